The number of alkyl halides is 3. The standard InChI is InChI=1S/C13H14F3N5O/c14-13(15,16)7-1-2-10-9(3-7)12(21-20-10)18-6-11(22)19-8-4-17-5-8/h1-3,8,17H,4-6H2,(H,19,22)(H2,18,20,21). The summed E-state index contributed by atoms with van der Waals surface area (Å²) >= 11 is 0. The maximum absolute atomic E-state index is 12.7. The third kappa shape index (κ3) is 2.98. The predicted octanol–water partition coefficient (Wildman–Crippen LogP) is 1.08. The van der Waals surface area contributed by atoms with E-state index in [1.807, 2.05) is 0 Å². The number of carbonyl (C=O) groups is 1. The maximum Gasteiger partial charge on any atom is 0.416 e. The van der Waals surface area contributed by atoms with Crippen molar-refractivity contribution in [2.45, 2.75) is 12.2 Å². The number of halogens is 3. The Balaban J connectivity index is 1.71. The Hall–Kier alpha value is -2.29. The molecule has 1 aliphatic heterocycles. The molecule has 22 heavy (non-hydrogen) atoms. The van der Waals surface area contributed by atoms with Gasteiger partial charge < -0.3 is 16.0 Å². The zero-order chi connectivity index (χ0) is 15.7. The number of benzene rings is 1. The fourth-order valence-corrected chi connectivity index (χ4v) is 2.16. The Bertz CT molecular complexity index is 693. The average molecular weight is 313 g/mol. The minimum Gasteiger partial charge on any atom is -0.359 e. The van der Waals surface area contributed by atoms with Crippen LogP contribution in [0.4, 0.5) is 19.0 Å². The lowest BCUT2D eigenvalue weighted by atomic mass is 10.1. The number of nitrogens with one attached hydrogen (secondary N) is 4. The van der Waals surface area contributed by atoms with Crippen molar-refractivity contribution in [1.29, 1.82) is 0 Å². The molecule has 0 unspecified atom stereocenters. The molecule has 2 aromatic rings. The molecule has 2 heterocycles. The molecular formula is C13H14F3N5O. The first-order valence-electron chi connectivity index (χ1n) is 6.73. The highest BCUT2D eigenvalue weighted by Gasteiger charge is 2.31. The molecule has 1 saturated heterocycles. The highest BCUT2D eigenvalue weighted by atomic mass is 19.4. The Kier molecular flexibility index (Phi) is 3.65. The molecule has 0 bridgehead atoms. The SMILES string of the molecule is O=C(CNc1n[nH]c2ccc(C(F)(F)F)cc12)NC1CNC1. The van der Waals surface area contributed by atoms with Crippen molar-refractivity contribution in [3.05, 3.63) is 23.8 Å². The number of amides is 1. The zero-order valence-electron chi connectivity index (χ0n) is 11.4. The first-order chi connectivity index (χ1) is 10.4. The van der Waals surface area contributed by atoms with Crippen molar-refractivity contribution >= 4 is 22.6 Å². The van der Waals surface area contributed by atoms with E-state index in [4.69, 9.17) is 0 Å². The molecular weight excluding hydrogens is 299 g/mol. The molecule has 1 amide bonds. The van der Waals surface area contributed by atoms with Crippen LogP contribution in [0.25, 0.3) is 10.9 Å². The fourth-order valence-electron chi connectivity index (χ4n) is 2.16. The maximum atomic E-state index is 12.7. The molecule has 0 atom stereocenters. The van der Waals surface area contributed by atoms with E-state index < -0.39 is 11.7 Å². The second-order valence-electron chi connectivity index (χ2n) is 5.11. The topological polar surface area (TPSA) is 81.8 Å². The van der Waals surface area contributed by atoms with E-state index in [-0.39, 0.29) is 24.3 Å². The lowest BCUT2D eigenvalue weighted by Gasteiger charge is -2.27. The molecule has 9 heteroatoms. The van der Waals surface area contributed by atoms with E-state index >= 15 is 0 Å². The van der Waals surface area contributed by atoms with Gasteiger partial charge in [0.05, 0.1) is 23.7 Å². The van der Waals surface area contributed by atoms with Crippen molar-refractivity contribution in [2.24, 2.45) is 0 Å². The lowest BCUT2D eigenvalue weighted by Crippen LogP contribution is -2.57. The van der Waals surface area contributed by atoms with Crippen LogP contribution in [0.15, 0.2) is 18.2 Å². The van der Waals surface area contributed by atoms with Crippen LogP contribution >= 0.6 is 0 Å². The number of hydrogen-bond donors (Lipinski definition) is 4. The molecule has 0 aliphatic carbocycles. The van der Waals surface area contributed by atoms with Crippen LogP contribution in [0.3, 0.4) is 0 Å². The summed E-state index contributed by atoms with van der Waals surface area (Å²) in [7, 11) is 0. The van der Waals surface area contributed by atoms with E-state index in [1.54, 1.807) is 0 Å². The van der Waals surface area contributed by atoms with E-state index in [0.29, 0.717) is 10.9 Å². The van der Waals surface area contributed by atoms with Crippen molar-refractivity contribution in [1.82, 2.24) is 20.8 Å². The molecule has 118 valence electrons. The van der Waals surface area contributed by atoms with Crippen molar-refractivity contribution in [3.8, 4) is 0 Å². The molecule has 1 aliphatic rings. The highest BCUT2D eigenvalue weighted by Crippen LogP contribution is 2.32. The molecule has 6 nitrogen and oxygen atoms in total. The Morgan fingerprint density at radius 3 is 2.77 bits per heavy atom. The van der Waals surface area contributed by atoms with Gasteiger partial charge in [-0.05, 0) is 18.2 Å². The number of carbonyl (C=O) groups excluding carboxylic acids is 1. The summed E-state index contributed by atoms with van der Waals surface area (Å²) in [6.45, 7) is 1.41. The summed E-state index contributed by atoms with van der Waals surface area (Å²) in [5, 5.41) is 15.4. The molecule has 3 rings (SSSR count). The number of aromatic amines is 1. The van der Waals surface area contributed by atoms with Crippen LogP contribution in [0.5, 0.6) is 0 Å². The van der Waals surface area contributed by atoms with Gasteiger partial charge in [-0.3, -0.25) is 9.89 Å². The van der Waals surface area contributed by atoms with E-state index in [2.05, 4.69) is 26.1 Å². The Morgan fingerprint density at radius 2 is 2.14 bits per heavy atom. The van der Waals surface area contributed by atoms with Gasteiger partial charge in [-0.25, -0.2) is 0 Å². The van der Waals surface area contributed by atoms with E-state index in [1.165, 1.54) is 6.07 Å². The Morgan fingerprint density at radius 1 is 1.36 bits per heavy atom. The van der Waals surface area contributed by atoms with Crippen molar-refractivity contribution in [3.63, 3.8) is 0 Å². The second kappa shape index (κ2) is 5.48. The molecule has 0 spiro atoms. The van der Waals surface area contributed by atoms with Gasteiger partial charge >= 0.3 is 6.18 Å². The summed E-state index contributed by atoms with van der Waals surface area (Å²) < 4.78 is 38.2. The van der Waals surface area contributed by atoms with Gasteiger partial charge in [-0.1, -0.05) is 0 Å². The summed E-state index contributed by atoms with van der Waals surface area (Å²) in [6, 6.07) is 3.42. The van der Waals surface area contributed by atoms with Crippen molar-refractivity contribution in [2.75, 3.05) is 25.0 Å². The number of fused-ring (bicyclic) bond motifs is 1. The highest BCUT2D eigenvalue weighted by molar-refractivity contribution is 5.92. The smallest absolute Gasteiger partial charge is 0.359 e. The molecule has 1 aromatic carbocycles. The fraction of sp³-hybridized carbons (Fsp3) is 0.385. The van der Waals surface area contributed by atoms with Gasteiger partial charge in [-0.2, -0.15) is 18.3 Å². The van der Waals surface area contributed by atoms with E-state index in [0.717, 1.165) is 25.2 Å². The number of H-pyrrole nitrogens is 1. The second-order valence-corrected chi connectivity index (χ2v) is 5.11. The number of nitrogens with zero attached hydrogens (tertiary/aromatic N) is 1. The zero-order valence-corrected chi connectivity index (χ0v) is 11.4. The van der Waals surface area contributed by atoms with Crippen LogP contribution in [-0.4, -0.2) is 41.8 Å². The molecule has 0 saturated carbocycles. The largest absolute Gasteiger partial charge is 0.416 e. The normalized spacial score (nSPS) is 15.6. The summed E-state index contributed by atoms with van der Waals surface area (Å²) in [4.78, 5) is 11.7. The minimum atomic E-state index is -4.42. The quantitative estimate of drug-likeness (QED) is 0.681. The van der Waals surface area contributed by atoms with Gasteiger partial charge in [0.2, 0.25) is 5.91 Å². The van der Waals surface area contributed by atoms with E-state index in [9.17, 15) is 18.0 Å². The molecule has 1 fully saturated rings. The third-order valence-electron chi connectivity index (χ3n) is 3.45. The summed E-state index contributed by atoms with van der Waals surface area (Å²) in [5.41, 5.74) is -0.284. The molecule has 1 aromatic heterocycles. The van der Waals surface area contributed by atoms with Crippen molar-refractivity contribution < 1.29 is 18.0 Å². The molecule has 0 radical (unpaired) electrons. The number of aromatic nitrogens is 2. The van der Waals surface area contributed by atoms with Gasteiger partial charge in [0.25, 0.3) is 0 Å². The number of anilines is 1. The number of hydrogen-bond acceptors (Lipinski definition) is 4. The van der Waals surface area contributed by atoms with Gasteiger partial charge in [0.15, 0.2) is 5.82 Å². The first-order valence-corrected chi connectivity index (χ1v) is 6.73. The van der Waals surface area contributed by atoms with Crippen LogP contribution in [0, 0.1) is 0 Å². The van der Waals surface area contributed by atoms with Crippen LogP contribution in [0.2, 0.25) is 0 Å². The van der Waals surface area contributed by atoms with Crippen LogP contribution in [-0.2, 0) is 11.0 Å². The first kappa shape index (κ1) is 14.6. The predicted molar refractivity (Wildman–Crippen MR) is 74.4 cm³/mol. The number of rotatable bonds is 4. The van der Waals surface area contributed by atoms with Crippen LogP contribution < -0.4 is 16.0 Å². The van der Waals surface area contributed by atoms with Crippen LogP contribution in [0.1, 0.15) is 5.56 Å². The monoisotopic (exact) mass is 313 g/mol. The molecule has 4 N–H and O–H groups in total. The lowest BCUT2D eigenvalue weighted by molar-refractivity contribution is -0.137. The average Bonchev–Trinajstić information content (AvgIpc) is 2.82. The van der Waals surface area contributed by atoms with Gasteiger partial charge in [-0.15, -0.1) is 0 Å². The summed E-state index contributed by atoms with van der Waals surface area (Å²) in [5.74, 6) is -0.00221. The minimum absolute atomic E-state index is 0.0489. The van der Waals surface area contributed by atoms with Gasteiger partial charge in [0.1, 0.15) is 0 Å². The Labute approximate surface area is 123 Å². The van der Waals surface area contributed by atoms with Gasteiger partial charge in [0, 0.05) is 18.5 Å². The third-order valence-corrected chi connectivity index (χ3v) is 3.45. The summed E-state index contributed by atoms with van der Waals surface area (Å²) in [6.07, 6.45) is -4.42.